The van der Waals surface area contributed by atoms with E-state index in [9.17, 15) is 4.39 Å². The zero-order chi connectivity index (χ0) is 24.0. The van der Waals surface area contributed by atoms with Crippen molar-refractivity contribution < 1.29 is 9.13 Å². The molecule has 2 aromatic heterocycles. The number of benzene rings is 1. The molecule has 0 saturated carbocycles. The SMILES string of the molecule is CC1CCNN1c1cccc(Nc2ccc(CN=Nc3ncc(F)c(N4CCOCC4)n3)nc2)c1. The van der Waals surface area contributed by atoms with E-state index >= 15 is 0 Å². The first-order valence-electron chi connectivity index (χ1n) is 11.7. The van der Waals surface area contributed by atoms with Crippen LogP contribution in [0.3, 0.4) is 0 Å². The van der Waals surface area contributed by atoms with Crippen molar-refractivity contribution in [2.75, 3.05) is 48.1 Å². The molecule has 0 radical (unpaired) electrons. The number of pyridine rings is 1. The van der Waals surface area contributed by atoms with Gasteiger partial charge in [0, 0.05) is 31.4 Å². The van der Waals surface area contributed by atoms with E-state index in [0.717, 1.165) is 41.9 Å². The monoisotopic (exact) mass is 477 g/mol. The summed E-state index contributed by atoms with van der Waals surface area (Å²) >= 11 is 0. The minimum atomic E-state index is -0.479. The fourth-order valence-corrected chi connectivity index (χ4v) is 4.08. The van der Waals surface area contributed by atoms with Gasteiger partial charge in [0.15, 0.2) is 11.6 Å². The molecule has 11 heteroatoms. The van der Waals surface area contributed by atoms with Crippen LogP contribution < -0.4 is 20.7 Å². The molecule has 4 heterocycles. The highest BCUT2D eigenvalue weighted by Gasteiger charge is 2.20. The largest absolute Gasteiger partial charge is 0.378 e. The third-order valence-corrected chi connectivity index (χ3v) is 5.94. The first-order chi connectivity index (χ1) is 17.2. The van der Waals surface area contributed by atoms with Crippen LogP contribution in [-0.2, 0) is 11.3 Å². The van der Waals surface area contributed by atoms with Crippen LogP contribution in [0.2, 0.25) is 0 Å². The maximum Gasteiger partial charge on any atom is 0.270 e. The summed E-state index contributed by atoms with van der Waals surface area (Å²) in [6.07, 6.45) is 4.02. The van der Waals surface area contributed by atoms with Crippen molar-refractivity contribution in [3.8, 4) is 0 Å². The highest BCUT2D eigenvalue weighted by atomic mass is 19.1. The summed E-state index contributed by atoms with van der Waals surface area (Å²) in [6.45, 7) is 5.70. The molecule has 2 saturated heterocycles. The molecule has 35 heavy (non-hydrogen) atoms. The van der Waals surface area contributed by atoms with Gasteiger partial charge >= 0.3 is 0 Å². The number of aromatic nitrogens is 3. The van der Waals surface area contributed by atoms with Gasteiger partial charge in [-0.25, -0.2) is 14.8 Å². The van der Waals surface area contributed by atoms with Crippen molar-refractivity contribution in [1.29, 1.82) is 0 Å². The van der Waals surface area contributed by atoms with Crippen LogP contribution in [0.1, 0.15) is 19.0 Å². The Bertz CT molecular complexity index is 1170. The van der Waals surface area contributed by atoms with E-state index in [4.69, 9.17) is 4.74 Å². The first kappa shape index (κ1) is 23.1. The number of nitrogens with zero attached hydrogens (tertiary/aromatic N) is 7. The highest BCUT2D eigenvalue weighted by Crippen LogP contribution is 2.25. The van der Waals surface area contributed by atoms with Gasteiger partial charge < -0.3 is 20.0 Å². The molecule has 1 atom stereocenters. The Morgan fingerprint density at radius 3 is 2.80 bits per heavy atom. The number of ether oxygens (including phenoxy) is 1. The second-order valence-corrected chi connectivity index (χ2v) is 8.47. The topological polar surface area (TPSA) is 103 Å². The Morgan fingerprint density at radius 2 is 2.03 bits per heavy atom. The number of halogens is 1. The van der Waals surface area contributed by atoms with Crippen LogP contribution in [0.15, 0.2) is 59.0 Å². The Kier molecular flexibility index (Phi) is 7.05. The van der Waals surface area contributed by atoms with Gasteiger partial charge in [-0.3, -0.25) is 4.98 Å². The van der Waals surface area contributed by atoms with E-state index < -0.39 is 5.82 Å². The smallest absolute Gasteiger partial charge is 0.270 e. The fraction of sp³-hybridized carbons (Fsp3) is 0.375. The van der Waals surface area contributed by atoms with E-state index in [-0.39, 0.29) is 18.3 Å². The molecule has 1 aromatic carbocycles. The number of hydrazine groups is 1. The lowest BCUT2D eigenvalue weighted by molar-refractivity contribution is 0.122. The number of azo groups is 1. The molecule has 5 rings (SSSR count). The highest BCUT2D eigenvalue weighted by molar-refractivity contribution is 5.64. The van der Waals surface area contributed by atoms with E-state index in [0.29, 0.717) is 32.3 Å². The third kappa shape index (κ3) is 5.69. The summed E-state index contributed by atoms with van der Waals surface area (Å²) in [6, 6.07) is 12.6. The van der Waals surface area contributed by atoms with E-state index in [1.54, 1.807) is 6.20 Å². The van der Waals surface area contributed by atoms with Crippen LogP contribution in [0, 0.1) is 5.82 Å². The summed E-state index contributed by atoms with van der Waals surface area (Å²) in [5.41, 5.74) is 7.16. The average molecular weight is 478 g/mol. The van der Waals surface area contributed by atoms with Crippen molar-refractivity contribution in [3.63, 3.8) is 0 Å². The van der Waals surface area contributed by atoms with Crippen molar-refractivity contribution in [2.24, 2.45) is 10.2 Å². The molecule has 2 fully saturated rings. The number of hydrogen-bond donors (Lipinski definition) is 2. The maximum atomic E-state index is 14.2. The summed E-state index contributed by atoms with van der Waals surface area (Å²) in [4.78, 5) is 14.4. The molecule has 0 aliphatic carbocycles. The molecule has 1 unspecified atom stereocenters. The minimum absolute atomic E-state index is 0.118. The number of anilines is 4. The molecule has 2 aliphatic rings. The van der Waals surface area contributed by atoms with Crippen molar-refractivity contribution in [3.05, 3.63) is 60.3 Å². The van der Waals surface area contributed by atoms with Crippen LogP contribution in [-0.4, -0.2) is 53.8 Å². The third-order valence-electron chi connectivity index (χ3n) is 5.94. The quantitative estimate of drug-likeness (QED) is 0.493. The van der Waals surface area contributed by atoms with Gasteiger partial charge in [-0.2, -0.15) is 10.1 Å². The van der Waals surface area contributed by atoms with Crippen LogP contribution >= 0.6 is 0 Å². The maximum absolute atomic E-state index is 14.2. The van der Waals surface area contributed by atoms with Gasteiger partial charge in [0.2, 0.25) is 0 Å². The molecule has 0 amide bonds. The molecule has 3 aromatic rings. The van der Waals surface area contributed by atoms with E-state index in [2.05, 4.69) is 60.0 Å². The number of nitrogens with one attached hydrogen (secondary N) is 2. The Labute approximate surface area is 203 Å². The van der Waals surface area contributed by atoms with Crippen LogP contribution in [0.25, 0.3) is 0 Å². The number of hydrogen-bond acceptors (Lipinski definition) is 10. The Balaban J connectivity index is 1.19. The van der Waals surface area contributed by atoms with Gasteiger partial charge in [0.25, 0.3) is 5.95 Å². The zero-order valence-corrected chi connectivity index (χ0v) is 19.6. The predicted octanol–water partition coefficient (Wildman–Crippen LogP) is 3.98. The Morgan fingerprint density at radius 1 is 1.14 bits per heavy atom. The summed E-state index contributed by atoms with van der Waals surface area (Å²) < 4.78 is 19.5. The summed E-state index contributed by atoms with van der Waals surface area (Å²) in [7, 11) is 0. The summed E-state index contributed by atoms with van der Waals surface area (Å²) in [5, 5.41) is 13.8. The first-order valence-corrected chi connectivity index (χ1v) is 11.7. The van der Waals surface area contributed by atoms with E-state index in [1.807, 2.05) is 29.2 Å². The molecule has 2 aliphatic heterocycles. The lowest BCUT2D eigenvalue weighted by Gasteiger charge is -2.27. The fourth-order valence-electron chi connectivity index (χ4n) is 4.08. The lowest BCUT2D eigenvalue weighted by Crippen LogP contribution is -2.37. The van der Waals surface area contributed by atoms with Crippen molar-refractivity contribution >= 4 is 28.8 Å². The molecular formula is C24H28FN9O. The van der Waals surface area contributed by atoms with Gasteiger partial charge in [-0.15, -0.1) is 5.11 Å². The van der Waals surface area contributed by atoms with E-state index in [1.165, 1.54) is 0 Å². The normalized spacial score (nSPS) is 18.4. The van der Waals surface area contributed by atoms with Gasteiger partial charge in [-0.05, 0) is 43.7 Å². The second-order valence-electron chi connectivity index (χ2n) is 8.47. The second kappa shape index (κ2) is 10.7. The number of rotatable bonds is 7. The molecule has 0 spiro atoms. The minimum Gasteiger partial charge on any atom is -0.378 e. The van der Waals surface area contributed by atoms with Crippen LogP contribution in [0.5, 0.6) is 0 Å². The van der Waals surface area contributed by atoms with Gasteiger partial charge in [-0.1, -0.05) is 6.07 Å². The lowest BCUT2D eigenvalue weighted by atomic mass is 10.2. The predicted molar refractivity (Wildman–Crippen MR) is 132 cm³/mol. The molecule has 0 bridgehead atoms. The standard InChI is InChI=1S/C24H28FN9O/c1-17-7-8-29-34(17)21-4-2-3-18(13-21)30-20-6-5-19(26-14-20)15-28-32-24-27-16-22(25)23(31-24)33-9-11-35-12-10-33/h2-6,13-14,16-17,29-30H,7-12,15H2,1H3. The summed E-state index contributed by atoms with van der Waals surface area (Å²) in [5.74, 6) is -0.134. The van der Waals surface area contributed by atoms with Gasteiger partial charge in [0.05, 0.1) is 42.7 Å². The van der Waals surface area contributed by atoms with Gasteiger partial charge in [0.1, 0.15) is 6.54 Å². The molecular weight excluding hydrogens is 449 g/mol. The van der Waals surface area contributed by atoms with Crippen LogP contribution in [0.4, 0.5) is 33.2 Å². The zero-order valence-electron chi connectivity index (χ0n) is 19.6. The van der Waals surface area contributed by atoms with Crippen molar-refractivity contribution in [1.82, 2.24) is 20.4 Å². The molecule has 2 N–H and O–H groups in total. The molecule has 182 valence electrons. The van der Waals surface area contributed by atoms with Crippen molar-refractivity contribution in [2.45, 2.75) is 25.9 Å². The Hall–Kier alpha value is -3.70. The number of morpholine rings is 1. The average Bonchev–Trinajstić information content (AvgIpc) is 3.33. The molecule has 10 nitrogen and oxygen atoms in total.